The molecule has 3 rings (SSSR count). The predicted octanol–water partition coefficient (Wildman–Crippen LogP) is 6.02. The van der Waals surface area contributed by atoms with Gasteiger partial charge in [0.1, 0.15) is 5.75 Å². The molecule has 0 radical (unpaired) electrons. The lowest BCUT2D eigenvalue weighted by atomic mass is 10.2. The fraction of sp³-hybridized carbons (Fsp3) is 0.318. The molecule has 0 aliphatic carbocycles. The zero-order valence-corrected chi connectivity index (χ0v) is 21.0. The number of para-hydroxylation sites is 1. The second-order valence-electron chi connectivity index (χ2n) is 7.79. The van der Waals surface area contributed by atoms with Crippen molar-refractivity contribution in [1.29, 1.82) is 0 Å². The van der Waals surface area contributed by atoms with Gasteiger partial charge in [0.25, 0.3) is 5.69 Å². The van der Waals surface area contributed by atoms with Gasteiger partial charge in [0.15, 0.2) is 17.1 Å². The van der Waals surface area contributed by atoms with Gasteiger partial charge in [-0.25, -0.2) is 0 Å². The van der Waals surface area contributed by atoms with E-state index in [4.69, 9.17) is 27.9 Å². The Balaban J connectivity index is 1.73. The summed E-state index contributed by atoms with van der Waals surface area (Å²) in [5.74, 6) is 1.07. The average Bonchev–Trinajstić information content (AvgIpc) is 3.17. The van der Waals surface area contributed by atoms with Gasteiger partial charge in [-0.2, -0.15) is 0 Å². The standard InChI is InChI=1S/C22H23Cl2N5O4S/c1-13(2)11-28-21(14(3)33-19-7-5-4-6-17(19)24)26-27-22(28)34-12-20(30)25-18-10-15(29(31)32)8-9-16(18)23/h4-10,13-14H,11-12H2,1-3H3,(H,25,30). The summed E-state index contributed by atoms with van der Waals surface area (Å²) in [7, 11) is 0. The van der Waals surface area contributed by atoms with E-state index in [0.717, 1.165) is 0 Å². The van der Waals surface area contributed by atoms with Crippen LogP contribution in [0.4, 0.5) is 11.4 Å². The van der Waals surface area contributed by atoms with Crippen LogP contribution in [0.5, 0.6) is 5.75 Å². The van der Waals surface area contributed by atoms with Crippen LogP contribution in [0.15, 0.2) is 47.6 Å². The number of ether oxygens (including phenoxy) is 1. The summed E-state index contributed by atoms with van der Waals surface area (Å²) in [5.41, 5.74) is 0.00810. The highest BCUT2D eigenvalue weighted by Gasteiger charge is 2.22. The molecule has 0 bridgehead atoms. The molecule has 1 N–H and O–H groups in total. The molecule has 1 unspecified atom stereocenters. The van der Waals surface area contributed by atoms with Crippen LogP contribution in [0.25, 0.3) is 0 Å². The number of carbonyl (C=O) groups excluding carboxylic acids is 1. The minimum absolute atomic E-state index is 0.00893. The molecule has 1 heterocycles. The Kier molecular flexibility index (Phi) is 8.76. The molecular formula is C22H23Cl2N5O4S. The van der Waals surface area contributed by atoms with Crippen LogP contribution in [0, 0.1) is 16.0 Å². The maximum Gasteiger partial charge on any atom is 0.271 e. The zero-order chi connectivity index (χ0) is 24.8. The molecule has 12 heteroatoms. The van der Waals surface area contributed by atoms with Crippen molar-refractivity contribution in [3.63, 3.8) is 0 Å². The minimum atomic E-state index is -0.553. The fourth-order valence-corrected chi connectivity index (χ4v) is 4.17. The summed E-state index contributed by atoms with van der Waals surface area (Å²) in [6, 6.07) is 11.0. The molecule has 0 fully saturated rings. The third-order valence-electron chi connectivity index (χ3n) is 4.56. The lowest BCUT2D eigenvalue weighted by molar-refractivity contribution is -0.384. The number of amides is 1. The summed E-state index contributed by atoms with van der Waals surface area (Å²) in [6.45, 7) is 6.61. The second-order valence-corrected chi connectivity index (χ2v) is 9.55. The number of non-ortho nitro benzene ring substituents is 1. The summed E-state index contributed by atoms with van der Waals surface area (Å²) in [4.78, 5) is 22.9. The van der Waals surface area contributed by atoms with Gasteiger partial charge in [0, 0.05) is 18.7 Å². The van der Waals surface area contributed by atoms with Crippen molar-refractivity contribution in [2.75, 3.05) is 11.1 Å². The molecule has 0 aliphatic heterocycles. The van der Waals surface area contributed by atoms with Crippen molar-refractivity contribution in [2.24, 2.45) is 5.92 Å². The highest BCUT2D eigenvalue weighted by atomic mass is 35.5. The Labute approximate surface area is 210 Å². The number of halogens is 2. The largest absolute Gasteiger partial charge is 0.481 e. The number of hydrogen-bond acceptors (Lipinski definition) is 7. The summed E-state index contributed by atoms with van der Waals surface area (Å²) >= 11 is 13.5. The molecule has 34 heavy (non-hydrogen) atoms. The van der Waals surface area contributed by atoms with Crippen molar-refractivity contribution in [3.05, 3.63) is 68.4 Å². The van der Waals surface area contributed by atoms with Crippen molar-refractivity contribution < 1.29 is 14.5 Å². The first kappa shape index (κ1) is 25.8. The van der Waals surface area contributed by atoms with Crippen LogP contribution in [-0.4, -0.2) is 31.3 Å². The molecule has 1 atom stereocenters. The molecule has 0 saturated carbocycles. The topological polar surface area (TPSA) is 112 Å². The monoisotopic (exact) mass is 523 g/mol. The number of nitrogens with zero attached hydrogens (tertiary/aromatic N) is 4. The number of anilines is 1. The van der Waals surface area contributed by atoms with E-state index in [2.05, 4.69) is 29.4 Å². The minimum Gasteiger partial charge on any atom is -0.481 e. The van der Waals surface area contributed by atoms with E-state index in [1.54, 1.807) is 12.1 Å². The second kappa shape index (κ2) is 11.5. The van der Waals surface area contributed by atoms with E-state index in [1.807, 2.05) is 23.6 Å². The lowest BCUT2D eigenvalue weighted by Crippen LogP contribution is -2.17. The van der Waals surface area contributed by atoms with E-state index in [-0.39, 0.29) is 28.1 Å². The smallest absolute Gasteiger partial charge is 0.271 e. The number of nitro groups is 1. The highest BCUT2D eigenvalue weighted by molar-refractivity contribution is 7.99. The van der Waals surface area contributed by atoms with Crippen LogP contribution in [0.3, 0.4) is 0 Å². The highest BCUT2D eigenvalue weighted by Crippen LogP contribution is 2.30. The zero-order valence-electron chi connectivity index (χ0n) is 18.7. The molecule has 3 aromatic rings. The van der Waals surface area contributed by atoms with Crippen molar-refractivity contribution in [1.82, 2.24) is 14.8 Å². The van der Waals surface area contributed by atoms with Crippen LogP contribution < -0.4 is 10.1 Å². The average molecular weight is 524 g/mol. The van der Waals surface area contributed by atoms with Gasteiger partial charge in [0.2, 0.25) is 5.91 Å². The SMILES string of the molecule is CC(C)Cn1c(SCC(=O)Nc2cc([N+](=O)[O-])ccc2Cl)nnc1C(C)Oc1ccccc1Cl. The Bertz CT molecular complexity index is 1190. The quantitative estimate of drug-likeness (QED) is 0.196. The van der Waals surface area contributed by atoms with Gasteiger partial charge in [-0.05, 0) is 31.0 Å². The predicted molar refractivity (Wildman–Crippen MR) is 133 cm³/mol. The van der Waals surface area contributed by atoms with E-state index in [1.165, 1.54) is 30.0 Å². The number of thioether (sulfide) groups is 1. The molecule has 0 spiro atoms. The molecule has 2 aromatic carbocycles. The first-order chi connectivity index (χ1) is 16.2. The number of benzene rings is 2. The van der Waals surface area contributed by atoms with E-state index in [9.17, 15) is 14.9 Å². The van der Waals surface area contributed by atoms with E-state index >= 15 is 0 Å². The van der Waals surface area contributed by atoms with Crippen molar-refractivity contribution >= 4 is 52.2 Å². The molecule has 9 nitrogen and oxygen atoms in total. The molecule has 0 aliphatic rings. The molecule has 1 amide bonds. The van der Waals surface area contributed by atoms with Gasteiger partial charge in [0.05, 0.1) is 26.4 Å². The first-order valence-electron chi connectivity index (χ1n) is 10.4. The van der Waals surface area contributed by atoms with E-state index < -0.39 is 11.0 Å². The number of nitrogens with one attached hydrogen (secondary N) is 1. The van der Waals surface area contributed by atoms with Crippen molar-refractivity contribution in [3.8, 4) is 5.75 Å². The van der Waals surface area contributed by atoms with Crippen LogP contribution in [0.2, 0.25) is 10.0 Å². The summed E-state index contributed by atoms with van der Waals surface area (Å²) in [5, 5.41) is 23.4. The normalized spacial score (nSPS) is 11.9. The van der Waals surface area contributed by atoms with Crippen molar-refractivity contribution in [2.45, 2.75) is 38.6 Å². The number of hydrogen-bond donors (Lipinski definition) is 1. The maximum atomic E-state index is 12.5. The van der Waals surface area contributed by atoms with Gasteiger partial charge in [-0.1, -0.05) is 60.9 Å². The Hall–Kier alpha value is -2.82. The molecular weight excluding hydrogens is 501 g/mol. The summed E-state index contributed by atoms with van der Waals surface area (Å²) < 4.78 is 7.92. The van der Waals surface area contributed by atoms with Gasteiger partial charge < -0.3 is 14.6 Å². The molecule has 1 aromatic heterocycles. The van der Waals surface area contributed by atoms with Crippen LogP contribution >= 0.6 is 35.0 Å². The number of rotatable bonds is 10. The first-order valence-corrected chi connectivity index (χ1v) is 12.1. The Morgan fingerprint density at radius 2 is 1.91 bits per heavy atom. The molecule has 180 valence electrons. The number of aromatic nitrogens is 3. The Morgan fingerprint density at radius 3 is 2.59 bits per heavy atom. The maximum absolute atomic E-state index is 12.5. The fourth-order valence-electron chi connectivity index (χ4n) is 3.07. The Morgan fingerprint density at radius 1 is 1.18 bits per heavy atom. The van der Waals surface area contributed by atoms with Gasteiger partial charge in [-0.3, -0.25) is 14.9 Å². The van der Waals surface area contributed by atoms with Gasteiger partial charge in [-0.15, -0.1) is 10.2 Å². The van der Waals surface area contributed by atoms with Gasteiger partial charge >= 0.3 is 0 Å². The third kappa shape index (κ3) is 6.62. The van der Waals surface area contributed by atoms with Crippen LogP contribution in [-0.2, 0) is 11.3 Å². The van der Waals surface area contributed by atoms with E-state index in [0.29, 0.717) is 34.2 Å². The van der Waals surface area contributed by atoms with Crippen LogP contribution in [0.1, 0.15) is 32.7 Å². The lowest BCUT2D eigenvalue weighted by Gasteiger charge is -2.18. The third-order valence-corrected chi connectivity index (χ3v) is 6.17. The summed E-state index contributed by atoms with van der Waals surface area (Å²) in [6.07, 6.45) is -0.432. The molecule has 0 saturated heterocycles. The number of carbonyl (C=O) groups is 1. The number of nitro benzene ring substituents is 1.